The minimum Gasteiger partial charge on any atom is -0.451 e. The summed E-state index contributed by atoms with van der Waals surface area (Å²) in [7, 11) is 0.633. The zero-order valence-electron chi connectivity index (χ0n) is 16.0. The molecule has 0 bridgehead atoms. The van der Waals surface area contributed by atoms with Gasteiger partial charge in [-0.15, -0.1) is 0 Å². The Balaban J connectivity index is 1.78. The fourth-order valence-electron chi connectivity index (χ4n) is 2.82. The summed E-state index contributed by atoms with van der Waals surface area (Å²) in [6, 6.07) is 13.1. The zero-order valence-corrected chi connectivity index (χ0v) is 16.8. The monoisotopic (exact) mass is 403 g/mol. The van der Waals surface area contributed by atoms with Gasteiger partial charge < -0.3 is 9.30 Å². The first-order chi connectivity index (χ1) is 13.3. The molecule has 0 aliphatic heterocycles. The molecule has 3 rings (SSSR count). The van der Waals surface area contributed by atoms with Crippen LogP contribution < -0.4 is 0 Å². The van der Waals surface area contributed by atoms with Gasteiger partial charge in [-0.2, -0.15) is 0 Å². The molecule has 1 heterocycles. The molecule has 28 heavy (non-hydrogen) atoms. The third kappa shape index (κ3) is 3.64. The van der Waals surface area contributed by atoms with Crippen LogP contribution in [0, 0.1) is 0 Å². The summed E-state index contributed by atoms with van der Waals surface area (Å²) in [5.74, 6) is 0.0547. The molecule has 148 valence electrons. The smallest absolute Gasteiger partial charge is 0.338 e. The van der Waals surface area contributed by atoms with E-state index in [9.17, 15) is 13.2 Å². The van der Waals surface area contributed by atoms with Gasteiger partial charge in [0.25, 0.3) is 10.0 Å². The number of fused-ring (bicyclic) bond motifs is 1. The van der Waals surface area contributed by atoms with Crippen LogP contribution in [-0.4, -0.2) is 42.6 Å². The minimum atomic E-state index is -3.77. The van der Waals surface area contributed by atoms with E-state index in [1.807, 2.05) is 35.9 Å². The van der Waals surface area contributed by atoms with E-state index in [0.717, 1.165) is 15.5 Å². The fraction of sp³-hybridized carbons (Fsp3) is 0.263. The molecule has 1 aromatic heterocycles. The quantitative estimate of drug-likeness (QED) is 0.464. The molecule has 9 heteroatoms. The van der Waals surface area contributed by atoms with Crippen molar-refractivity contribution in [3.8, 4) is 0 Å². The van der Waals surface area contributed by atoms with E-state index in [0.29, 0.717) is 5.82 Å². The lowest BCUT2D eigenvalue weighted by Gasteiger charge is -2.15. The van der Waals surface area contributed by atoms with E-state index in [1.54, 1.807) is 6.92 Å². The van der Waals surface area contributed by atoms with Gasteiger partial charge in [-0.05, 0) is 43.3 Å². The van der Waals surface area contributed by atoms with Crippen LogP contribution in [-0.2, 0) is 26.6 Å². The van der Waals surface area contributed by atoms with Crippen molar-refractivity contribution in [1.82, 2.24) is 14.0 Å². The Morgan fingerprint density at radius 1 is 1.14 bits per heavy atom. The van der Waals surface area contributed by atoms with Gasteiger partial charge in [0.15, 0.2) is 11.9 Å². The molecule has 0 saturated heterocycles. The summed E-state index contributed by atoms with van der Waals surface area (Å²) in [5.41, 5.74) is 2.00. The van der Waals surface area contributed by atoms with Crippen LogP contribution in [0.1, 0.15) is 29.2 Å². The number of nitrogens with zero attached hydrogens (tertiary/aromatic N) is 3. The van der Waals surface area contributed by atoms with Gasteiger partial charge in [-0.1, -0.05) is 16.6 Å². The molecule has 0 unspecified atom stereocenters. The zero-order chi connectivity index (χ0) is 20.5. The molecular formula is C19H21N3O5S. The van der Waals surface area contributed by atoms with Gasteiger partial charge in [0.2, 0.25) is 0 Å². The number of hydrogen-bond donors (Lipinski definition) is 0. The van der Waals surface area contributed by atoms with Crippen LogP contribution in [0.25, 0.3) is 11.0 Å². The standard InChI is InChI=1S/C19H21N3O5S/c1-13(18-20-16-7-5-6-8-17(16)21(18)2)27-19(23)14-9-11-15(12-10-14)28(24,25)22(3)26-4/h5-13H,1-4H3/t13-/m0/s1. The summed E-state index contributed by atoms with van der Waals surface area (Å²) >= 11 is 0. The highest BCUT2D eigenvalue weighted by molar-refractivity contribution is 7.89. The third-order valence-electron chi connectivity index (χ3n) is 4.45. The fourth-order valence-corrected chi connectivity index (χ4v) is 3.79. The van der Waals surface area contributed by atoms with Crippen molar-refractivity contribution in [2.75, 3.05) is 14.2 Å². The number of sulfonamides is 1. The molecule has 8 nitrogen and oxygen atoms in total. The van der Waals surface area contributed by atoms with Gasteiger partial charge in [0, 0.05) is 14.1 Å². The summed E-state index contributed by atoms with van der Waals surface area (Å²) in [6.07, 6.45) is -0.576. The first-order valence-corrected chi connectivity index (χ1v) is 9.95. The summed E-state index contributed by atoms with van der Waals surface area (Å²) in [4.78, 5) is 21.7. The van der Waals surface area contributed by atoms with Crippen molar-refractivity contribution in [3.05, 3.63) is 59.9 Å². The van der Waals surface area contributed by atoms with Gasteiger partial charge in [0.1, 0.15) is 0 Å². The maximum atomic E-state index is 12.5. The second-order valence-electron chi connectivity index (χ2n) is 6.19. The van der Waals surface area contributed by atoms with E-state index in [2.05, 4.69) is 4.98 Å². The van der Waals surface area contributed by atoms with Gasteiger partial charge in [-0.3, -0.25) is 4.84 Å². The highest BCUT2D eigenvalue weighted by atomic mass is 32.2. The van der Waals surface area contributed by atoms with Crippen LogP contribution in [0.3, 0.4) is 0 Å². The number of hydroxylamine groups is 1. The molecule has 0 N–H and O–H groups in total. The van der Waals surface area contributed by atoms with E-state index in [1.165, 1.54) is 38.4 Å². The Hall–Kier alpha value is -2.75. The number of imidazole rings is 1. The maximum Gasteiger partial charge on any atom is 0.338 e. The number of carbonyl (C=O) groups excluding carboxylic acids is 1. The highest BCUT2D eigenvalue weighted by Gasteiger charge is 2.22. The number of benzene rings is 2. The van der Waals surface area contributed by atoms with Crippen LogP contribution in [0.15, 0.2) is 53.4 Å². The Kier molecular flexibility index (Phi) is 5.50. The first kappa shape index (κ1) is 20.0. The molecule has 0 saturated carbocycles. The SMILES string of the molecule is CON(C)S(=O)(=O)c1ccc(C(=O)O[C@@H](C)c2nc3ccccc3n2C)cc1. The molecule has 0 radical (unpaired) electrons. The summed E-state index contributed by atoms with van der Waals surface area (Å²) < 4.78 is 32.5. The molecule has 1 atom stereocenters. The lowest BCUT2D eigenvalue weighted by Crippen LogP contribution is -2.25. The van der Waals surface area contributed by atoms with Crippen molar-refractivity contribution >= 4 is 27.0 Å². The predicted molar refractivity (Wildman–Crippen MR) is 103 cm³/mol. The van der Waals surface area contributed by atoms with Crippen LogP contribution >= 0.6 is 0 Å². The molecule has 0 fully saturated rings. The Morgan fingerprint density at radius 3 is 2.39 bits per heavy atom. The number of hydrogen-bond acceptors (Lipinski definition) is 6. The average Bonchev–Trinajstić information content (AvgIpc) is 3.04. The lowest BCUT2D eigenvalue weighted by atomic mass is 10.2. The molecule has 0 amide bonds. The number of rotatable bonds is 6. The predicted octanol–water partition coefficient (Wildman–Crippen LogP) is 2.67. The van der Waals surface area contributed by atoms with Gasteiger partial charge in [-0.25, -0.2) is 18.2 Å². The summed E-state index contributed by atoms with van der Waals surface area (Å²) in [5, 5.41) is 0. The Bertz CT molecular complexity index is 1110. The number of carbonyl (C=O) groups is 1. The van der Waals surface area contributed by atoms with Crippen LogP contribution in [0.2, 0.25) is 0 Å². The van der Waals surface area contributed by atoms with Crippen molar-refractivity contribution in [1.29, 1.82) is 0 Å². The molecular weight excluding hydrogens is 382 g/mol. The highest BCUT2D eigenvalue weighted by Crippen LogP contribution is 2.23. The molecule has 3 aromatic rings. The molecule has 0 aliphatic rings. The second-order valence-corrected chi connectivity index (χ2v) is 8.12. The molecule has 0 spiro atoms. The summed E-state index contributed by atoms with van der Waals surface area (Å²) in [6.45, 7) is 1.74. The van der Waals surface area contributed by atoms with E-state index < -0.39 is 22.1 Å². The number of aryl methyl sites for hydroxylation is 1. The number of ether oxygens (including phenoxy) is 1. The normalized spacial score (nSPS) is 13.0. The first-order valence-electron chi connectivity index (χ1n) is 8.51. The third-order valence-corrected chi connectivity index (χ3v) is 6.15. The average molecular weight is 403 g/mol. The Labute approximate surface area is 163 Å². The largest absolute Gasteiger partial charge is 0.451 e. The van der Waals surface area contributed by atoms with E-state index >= 15 is 0 Å². The number of aromatic nitrogens is 2. The number of esters is 1. The van der Waals surface area contributed by atoms with Crippen LogP contribution in [0.4, 0.5) is 0 Å². The van der Waals surface area contributed by atoms with E-state index in [-0.39, 0.29) is 10.5 Å². The molecule has 2 aromatic carbocycles. The van der Waals surface area contributed by atoms with Crippen LogP contribution in [0.5, 0.6) is 0 Å². The second kappa shape index (κ2) is 7.70. The van der Waals surface area contributed by atoms with Gasteiger partial charge in [0.05, 0.1) is 28.6 Å². The van der Waals surface area contributed by atoms with Gasteiger partial charge >= 0.3 is 5.97 Å². The van der Waals surface area contributed by atoms with Crippen molar-refractivity contribution in [3.63, 3.8) is 0 Å². The minimum absolute atomic E-state index is 0.0109. The maximum absolute atomic E-state index is 12.5. The number of para-hydroxylation sites is 2. The van der Waals surface area contributed by atoms with Crippen molar-refractivity contribution in [2.45, 2.75) is 17.9 Å². The topological polar surface area (TPSA) is 90.7 Å². The van der Waals surface area contributed by atoms with Crippen molar-refractivity contribution < 1.29 is 22.8 Å². The van der Waals surface area contributed by atoms with Crippen molar-refractivity contribution in [2.24, 2.45) is 7.05 Å². The lowest BCUT2D eigenvalue weighted by molar-refractivity contribution is -0.0258. The van der Waals surface area contributed by atoms with E-state index in [4.69, 9.17) is 9.57 Å². The Morgan fingerprint density at radius 2 is 1.79 bits per heavy atom. The molecule has 0 aliphatic carbocycles.